The van der Waals surface area contributed by atoms with Gasteiger partial charge in [-0.25, -0.2) is 4.39 Å². The fourth-order valence-corrected chi connectivity index (χ4v) is 0.827. The van der Waals surface area contributed by atoms with Crippen LogP contribution in [0.15, 0.2) is 24.3 Å². The average molecular weight is 286 g/mol. The predicted molar refractivity (Wildman–Crippen MR) is 51.7 cm³/mol. The number of halogens is 3. The molecule has 0 aliphatic rings. The number of carbonyl (C=O) groups is 1. The van der Waals surface area contributed by atoms with Gasteiger partial charge in [0.15, 0.2) is 0 Å². The number of hydrogen-bond donors (Lipinski definition) is 0. The van der Waals surface area contributed by atoms with Crippen molar-refractivity contribution in [3.8, 4) is 0 Å². The third-order valence-corrected chi connectivity index (χ3v) is 1.70. The van der Waals surface area contributed by atoms with E-state index in [0.29, 0.717) is 3.57 Å². The van der Waals surface area contributed by atoms with Crippen LogP contribution in [0, 0.1) is 9.39 Å². The molecule has 4 heteroatoms. The van der Waals surface area contributed by atoms with E-state index in [4.69, 9.17) is 4.79 Å². The Morgan fingerprint density at radius 3 is 2.18 bits per heavy atom. The van der Waals surface area contributed by atoms with Gasteiger partial charge in [-0.2, -0.15) is 0 Å². The van der Waals surface area contributed by atoms with Crippen LogP contribution in [0.2, 0.25) is 0 Å². The number of benzene rings is 1. The minimum absolute atomic E-state index is 0.145. The largest absolute Gasteiger partial charge is 0.285 e. The summed E-state index contributed by atoms with van der Waals surface area (Å²) >= 11 is 6.27. The van der Waals surface area contributed by atoms with Gasteiger partial charge in [0, 0.05) is 3.57 Å². The van der Waals surface area contributed by atoms with Crippen LogP contribution in [0.1, 0.15) is 0 Å². The van der Waals surface area contributed by atoms with E-state index in [-0.39, 0.29) is 11.6 Å². The maximum Gasteiger partial charge on any atom is 0.208 e. The summed E-state index contributed by atoms with van der Waals surface area (Å²) in [5.41, 5.74) is 0. The lowest BCUT2D eigenvalue weighted by Gasteiger charge is -1.87. The Kier molecular flexibility index (Phi) is 6.45. The van der Waals surface area contributed by atoms with E-state index in [9.17, 15) is 4.39 Å². The Hall–Kier alpha value is -0.160. The molecule has 60 valence electrons. The van der Waals surface area contributed by atoms with Gasteiger partial charge in [0.2, 0.25) is 5.75 Å². The molecule has 1 aromatic carbocycles. The molecule has 0 unspecified atom stereocenters. The molecule has 0 fully saturated rings. The van der Waals surface area contributed by atoms with Crippen molar-refractivity contribution in [2.24, 2.45) is 0 Å². The van der Waals surface area contributed by atoms with E-state index in [2.05, 4.69) is 11.6 Å². The second-order valence-corrected chi connectivity index (χ2v) is 2.84. The quantitative estimate of drug-likeness (QED) is 0.407. The minimum atomic E-state index is -0.145. The molecule has 0 aliphatic carbocycles. The zero-order valence-corrected chi connectivity index (χ0v) is 8.34. The number of hydrogen-bond acceptors (Lipinski definition) is 1. The Bertz CT molecular complexity index is 208. The van der Waals surface area contributed by atoms with Crippen molar-refractivity contribution in [2.75, 3.05) is 0 Å². The summed E-state index contributed by atoms with van der Waals surface area (Å²) in [5.74, 6) is 0.0769. The first-order valence-electron chi connectivity index (χ1n) is 2.66. The summed E-state index contributed by atoms with van der Waals surface area (Å²) < 4.78 is 13.0. The highest BCUT2D eigenvalue weighted by Gasteiger charge is 1.90. The lowest BCUT2D eigenvalue weighted by Crippen LogP contribution is -1.75. The summed E-state index contributed by atoms with van der Waals surface area (Å²) in [7, 11) is 0. The molecule has 1 nitrogen and oxygen atoms in total. The molecule has 0 spiro atoms. The van der Waals surface area contributed by atoms with Crippen LogP contribution in [0.4, 0.5) is 4.39 Å². The molecule has 0 amide bonds. The molecule has 0 aromatic heterocycles. The van der Waals surface area contributed by atoms with E-state index in [1.54, 1.807) is 12.1 Å². The fourth-order valence-electron chi connectivity index (χ4n) is 0.439. The molecule has 0 radical (unpaired) electrons. The Balaban J connectivity index is 0.000000292. The van der Waals surface area contributed by atoms with Gasteiger partial charge < -0.3 is 0 Å². The first kappa shape index (κ1) is 10.8. The average Bonchev–Trinajstić information content (AvgIpc) is 1.97. The lowest BCUT2D eigenvalue weighted by atomic mass is 10.4. The van der Waals surface area contributed by atoms with Gasteiger partial charge in [0.1, 0.15) is 5.82 Å². The van der Waals surface area contributed by atoms with Crippen LogP contribution in [0.3, 0.4) is 0 Å². The van der Waals surface area contributed by atoms with Crippen LogP contribution in [-0.4, -0.2) is 5.75 Å². The molecular formula is C7H5ClFIO. The highest BCUT2D eigenvalue weighted by atomic mass is 127. The second kappa shape index (κ2) is 6.54. The zero-order chi connectivity index (χ0) is 8.69. The maximum absolute atomic E-state index is 12.3. The Morgan fingerprint density at radius 1 is 1.45 bits per heavy atom. The van der Waals surface area contributed by atoms with Gasteiger partial charge in [-0.3, -0.25) is 4.79 Å². The SMILES string of the molecule is Fc1ccccc1I.O=CCl. The molecule has 0 aliphatic heterocycles. The maximum atomic E-state index is 12.3. The third kappa shape index (κ3) is 5.15. The summed E-state index contributed by atoms with van der Waals surface area (Å²) in [4.78, 5) is 8.57. The predicted octanol–water partition coefficient (Wildman–Crippen LogP) is 2.85. The molecular weight excluding hydrogens is 281 g/mol. The molecule has 0 saturated carbocycles. The molecule has 1 aromatic rings. The normalized spacial score (nSPS) is 7.91. The van der Waals surface area contributed by atoms with E-state index in [1.165, 1.54) is 6.07 Å². The monoisotopic (exact) mass is 286 g/mol. The third-order valence-electron chi connectivity index (χ3n) is 0.824. The number of rotatable bonds is 0. The Morgan fingerprint density at radius 2 is 1.91 bits per heavy atom. The van der Waals surface area contributed by atoms with Gasteiger partial charge in [-0.15, -0.1) is 0 Å². The van der Waals surface area contributed by atoms with Crippen molar-refractivity contribution in [3.05, 3.63) is 33.7 Å². The van der Waals surface area contributed by atoms with Crippen LogP contribution in [-0.2, 0) is 4.79 Å². The summed E-state index contributed by atoms with van der Waals surface area (Å²) in [6.07, 6.45) is 0. The van der Waals surface area contributed by atoms with Crippen LogP contribution >= 0.6 is 34.2 Å². The van der Waals surface area contributed by atoms with E-state index < -0.39 is 0 Å². The standard InChI is InChI=1S/C6H4FI.CHClO/c7-5-3-1-2-4-6(5)8;2-1-3/h1-4H;1H. The molecule has 0 atom stereocenters. The van der Waals surface area contributed by atoms with Crippen LogP contribution in [0.25, 0.3) is 0 Å². The molecule has 0 saturated heterocycles. The lowest BCUT2D eigenvalue weighted by molar-refractivity contribution is 0.569. The van der Waals surface area contributed by atoms with Gasteiger partial charge in [0.05, 0.1) is 0 Å². The molecule has 0 heterocycles. The van der Waals surface area contributed by atoms with Gasteiger partial charge in [0.25, 0.3) is 0 Å². The van der Waals surface area contributed by atoms with Gasteiger partial charge in [-0.05, 0) is 46.3 Å². The van der Waals surface area contributed by atoms with Crippen molar-refractivity contribution in [1.29, 1.82) is 0 Å². The second-order valence-electron chi connectivity index (χ2n) is 1.50. The van der Waals surface area contributed by atoms with Crippen molar-refractivity contribution in [3.63, 3.8) is 0 Å². The smallest absolute Gasteiger partial charge is 0.208 e. The number of carbonyl (C=O) groups excluding carboxylic acids is 1. The summed E-state index contributed by atoms with van der Waals surface area (Å²) in [5, 5.41) is 0. The fraction of sp³-hybridized carbons (Fsp3) is 0. The summed E-state index contributed by atoms with van der Waals surface area (Å²) in [6, 6.07) is 6.67. The first-order valence-corrected chi connectivity index (χ1v) is 4.17. The highest BCUT2D eigenvalue weighted by Crippen LogP contribution is 2.07. The molecule has 0 bridgehead atoms. The van der Waals surface area contributed by atoms with Crippen molar-refractivity contribution in [2.45, 2.75) is 0 Å². The van der Waals surface area contributed by atoms with Crippen molar-refractivity contribution in [1.82, 2.24) is 0 Å². The van der Waals surface area contributed by atoms with Gasteiger partial charge in [-0.1, -0.05) is 12.1 Å². The molecule has 11 heavy (non-hydrogen) atoms. The van der Waals surface area contributed by atoms with Crippen LogP contribution in [0.5, 0.6) is 0 Å². The topological polar surface area (TPSA) is 17.1 Å². The summed E-state index contributed by atoms with van der Waals surface area (Å²) in [6.45, 7) is 0. The van der Waals surface area contributed by atoms with Gasteiger partial charge >= 0.3 is 0 Å². The van der Waals surface area contributed by atoms with E-state index in [0.717, 1.165) is 0 Å². The van der Waals surface area contributed by atoms with Crippen LogP contribution < -0.4 is 0 Å². The first-order chi connectivity index (χ1) is 5.22. The minimum Gasteiger partial charge on any atom is -0.285 e. The highest BCUT2D eigenvalue weighted by molar-refractivity contribution is 14.1. The Labute approximate surface area is 82.7 Å². The molecule has 1 rings (SSSR count). The van der Waals surface area contributed by atoms with E-state index in [1.807, 2.05) is 28.7 Å². The zero-order valence-electron chi connectivity index (χ0n) is 5.43. The van der Waals surface area contributed by atoms with Crippen molar-refractivity contribution < 1.29 is 9.18 Å². The van der Waals surface area contributed by atoms with E-state index >= 15 is 0 Å². The van der Waals surface area contributed by atoms with Crippen molar-refractivity contribution >= 4 is 39.9 Å². The molecule has 0 N–H and O–H groups in total.